The van der Waals surface area contributed by atoms with Gasteiger partial charge < -0.3 is 5.32 Å². The van der Waals surface area contributed by atoms with Crippen LogP contribution in [0, 0.1) is 0 Å². The SMILES string of the molecule is CC(=O)NS(=O)(=O)c1ccc(NC(=O)c2ccc(S(=O)(=O)N3CCCC3)cc2)cc1. The van der Waals surface area contributed by atoms with E-state index in [2.05, 4.69) is 5.32 Å². The number of carbonyl (C=O) groups is 2. The molecule has 0 spiro atoms. The van der Waals surface area contributed by atoms with Crippen LogP contribution in [0.15, 0.2) is 58.3 Å². The highest BCUT2D eigenvalue weighted by Gasteiger charge is 2.27. The van der Waals surface area contributed by atoms with Gasteiger partial charge in [0.2, 0.25) is 15.9 Å². The second-order valence-electron chi connectivity index (χ2n) is 6.78. The predicted octanol–water partition coefficient (Wildman–Crippen LogP) is 1.55. The fourth-order valence-electron chi connectivity index (χ4n) is 3.02. The lowest BCUT2D eigenvalue weighted by Gasteiger charge is -2.15. The lowest BCUT2D eigenvalue weighted by molar-refractivity contribution is -0.117. The minimum atomic E-state index is -3.96. The first kappa shape index (κ1) is 21.9. The Balaban J connectivity index is 1.70. The summed E-state index contributed by atoms with van der Waals surface area (Å²) in [4.78, 5) is 23.4. The van der Waals surface area contributed by atoms with E-state index in [-0.39, 0.29) is 15.4 Å². The Bertz CT molecular complexity index is 1150. The quantitative estimate of drug-likeness (QED) is 0.685. The second-order valence-corrected chi connectivity index (χ2v) is 10.4. The molecule has 2 N–H and O–H groups in total. The zero-order valence-electron chi connectivity index (χ0n) is 16.2. The number of carbonyl (C=O) groups excluding carboxylic acids is 2. The van der Waals surface area contributed by atoms with Crippen molar-refractivity contribution >= 4 is 37.5 Å². The molecule has 1 saturated heterocycles. The molecule has 0 unspecified atom stereocenters. The van der Waals surface area contributed by atoms with Crippen LogP contribution in [0.5, 0.6) is 0 Å². The molecule has 0 saturated carbocycles. The average molecular weight is 452 g/mol. The zero-order valence-corrected chi connectivity index (χ0v) is 17.8. The zero-order chi connectivity index (χ0) is 21.9. The summed E-state index contributed by atoms with van der Waals surface area (Å²) in [5, 5.41) is 2.61. The highest BCUT2D eigenvalue weighted by atomic mass is 32.2. The van der Waals surface area contributed by atoms with Crippen molar-refractivity contribution in [1.29, 1.82) is 0 Å². The number of anilines is 1. The van der Waals surface area contributed by atoms with Crippen molar-refractivity contribution in [3.63, 3.8) is 0 Å². The number of sulfonamides is 2. The van der Waals surface area contributed by atoms with E-state index in [0.717, 1.165) is 19.8 Å². The van der Waals surface area contributed by atoms with Crippen molar-refractivity contribution in [3.8, 4) is 0 Å². The van der Waals surface area contributed by atoms with Crippen LogP contribution in [0.3, 0.4) is 0 Å². The minimum absolute atomic E-state index is 0.118. The van der Waals surface area contributed by atoms with Crippen molar-refractivity contribution in [1.82, 2.24) is 9.03 Å². The van der Waals surface area contributed by atoms with Gasteiger partial charge in [-0.15, -0.1) is 0 Å². The van der Waals surface area contributed by atoms with E-state index in [9.17, 15) is 26.4 Å². The molecule has 2 amide bonds. The number of nitrogens with zero attached hydrogens (tertiary/aromatic N) is 1. The third kappa shape index (κ3) is 4.86. The predicted molar refractivity (Wildman–Crippen MR) is 110 cm³/mol. The number of rotatable bonds is 6. The van der Waals surface area contributed by atoms with Crippen LogP contribution in [0.25, 0.3) is 0 Å². The van der Waals surface area contributed by atoms with Gasteiger partial charge in [0.25, 0.3) is 15.9 Å². The highest BCUT2D eigenvalue weighted by Crippen LogP contribution is 2.21. The topological polar surface area (TPSA) is 130 Å². The molecule has 3 rings (SSSR count). The van der Waals surface area contributed by atoms with Crippen LogP contribution in [-0.4, -0.2) is 46.0 Å². The molecule has 1 fully saturated rings. The second kappa shape index (κ2) is 8.54. The van der Waals surface area contributed by atoms with Crippen molar-refractivity contribution < 1.29 is 26.4 Å². The molecule has 1 aliphatic rings. The van der Waals surface area contributed by atoms with E-state index >= 15 is 0 Å². The van der Waals surface area contributed by atoms with Crippen LogP contribution in [0.4, 0.5) is 5.69 Å². The maximum atomic E-state index is 12.5. The third-order valence-corrected chi connectivity index (χ3v) is 7.88. The van der Waals surface area contributed by atoms with Gasteiger partial charge in [0.15, 0.2) is 0 Å². The molecule has 160 valence electrons. The molecular formula is C19H21N3O6S2. The third-order valence-electron chi connectivity index (χ3n) is 4.52. The van der Waals surface area contributed by atoms with Gasteiger partial charge in [0.05, 0.1) is 9.79 Å². The van der Waals surface area contributed by atoms with Crippen molar-refractivity contribution in [3.05, 3.63) is 54.1 Å². The van der Waals surface area contributed by atoms with Gasteiger partial charge in [0, 0.05) is 31.3 Å². The summed E-state index contributed by atoms with van der Waals surface area (Å²) in [6.45, 7) is 2.09. The molecule has 1 heterocycles. The van der Waals surface area contributed by atoms with E-state index in [1.165, 1.54) is 52.8 Å². The van der Waals surface area contributed by atoms with Crippen LogP contribution in [0.2, 0.25) is 0 Å². The largest absolute Gasteiger partial charge is 0.322 e. The van der Waals surface area contributed by atoms with Gasteiger partial charge in [-0.1, -0.05) is 0 Å². The number of hydrogen-bond acceptors (Lipinski definition) is 6. The maximum Gasteiger partial charge on any atom is 0.264 e. The molecule has 0 bridgehead atoms. The molecule has 30 heavy (non-hydrogen) atoms. The Kier molecular flexibility index (Phi) is 6.25. The fourth-order valence-corrected chi connectivity index (χ4v) is 5.53. The smallest absolute Gasteiger partial charge is 0.264 e. The first-order valence-corrected chi connectivity index (χ1v) is 12.1. The Morgan fingerprint density at radius 3 is 1.90 bits per heavy atom. The van der Waals surface area contributed by atoms with E-state index in [1.54, 1.807) is 0 Å². The van der Waals surface area contributed by atoms with Gasteiger partial charge >= 0.3 is 0 Å². The van der Waals surface area contributed by atoms with E-state index in [0.29, 0.717) is 18.8 Å². The fraction of sp³-hybridized carbons (Fsp3) is 0.263. The first-order chi connectivity index (χ1) is 14.1. The van der Waals surface area contributed by atoms with Crippen molar-refractivity contribution in [2.45, 2.75) is 29.6 Å². The van der Waals surface area contributed by atoms with Crippen LogP contribution >= 0.6 is 0 Å². The van der Waals surface area contributed by atoms with Crippen molar-refractivity contribution in [2.24, 2.45) is 0 Å². The number of nitrogens with one attached hydrogen (secondary N) is 2. The number of hydrogen-bond donors (Lipinski definition) is 2. The summed E-state index contributed by atoms with van der Waals surface area (Å²) in [7, 11) is -7.51. The molecule has 1 aliphatic heterocycles. The lowest BCUT2D eigenvalue weighted by atomic mass is 10.2. The Hall–Kier alpha value is -2.76. The summed E-state index contributed by atoms with van der Waals surface area (Å²) in [6.07, 6.45) is 1.68. The van der Waals surface area contributed by atoms with E-state index < -0.39 is 31.9 Å². The van der Waals surface area contributed by atoms with Gasteiger partial charge in [-0.25, -0.2) is 21.6 Å². The summed E-state index contributed by atoms with van der Waals surface area (Å²) < 4.78 is 52.2. The van der Waals surface area contributed by atoms with Gasteiger partial charge in [0.1, 0.15) is 0 Å². The normalized spacial score (nSPS) is 15.0. The van der Waals surface area contributed by atoms with E-state index in [4.69, 9.17) is 0 Å². The summed E-state index contributed by atoms with van der Waals surface area (Å²) in [5.41, 5.74) is 0.598. The first-order valence-electron chi connectivity index (χ1n) is 9.15. The van der Waals surface area contributed by atoms with Gasteiger partial charge in [-0.05, 0) is 61.4 Å². The molecule has 0 aliphatic carbocycles. The lowest BCUT2D eigenvalue weighted by Crippen LogP contribution is -2.28. The van der Waals surface area contributed by atoms with Gasteiger partial charge in [-0.3, -0.25) is 9.59 Å². The monoisotopic (exact) mass is 451 g/mol. The number of amides is 2. The van der Waals surface area contributed by atoms with Crippen LogP contribution < -0.4 is 10.0 Å². The Labute approximate surface area is 175 Å². The minimum Gasteiger partial charge on any atom is -0.322 e. The molecule has 0 aromatic heterocycles. The summed E-state index contributed by atoms with van der Waals surface area (Å²) >= 11 is 0. The molecular weight excluding hydrogens is 430 g/mol. The van der Waals surface area contributed by atoms with E-state index in [1.807, 2.05) is 4.72 Å². The van der Waals surface area contributed by atoms with Crippen molar-refractivity contribution in [2.75, 3.05) is 18.4 Å². The molecule has 9 nitrogen and oxygen atoms in total. The molecule has 2 aromatic rings. The molecule has 11 heteroatoms. The molecule has 0 atom stereocenters. The molecule has 2 aromatic carbocycles. The maximum absolute atomic E-state index is 12.5. The Morgan fingerprint density at radius 1 is 0.833 bits per heavy atom. The van der Waals surface area contributed by atoms with Crippen LogP contribution in [-0.2, 0) is 24.8 Å². The average Bonchev–Trinajstić information content (AvgIpc) is 3.23. The van der Waals surface area contributed by atoms with Gasteiger partial charge in [-0.2, -0.15) is 4.31 Å². The van der Waals surface area contributed by atoms with Crippen LogP contribution in [0.1, 0.15) is 30.1 Å². The summed E-state index contributed by atoms with van der Waals surface area (Å²) in [5.74, 6) is -1.18. The Morgan fingerprint density at radius 2 is 1.37 bits per heavy atom. The molecule has 0 radical (unpaired) electrons. The summed E-state index contributed by atoms with van der Waals surface area (Å²) in [6, 6.07) is 10.9. The standard InChI is InChI=1S/C19H21N3O6S2/c1-14(23)21-29(25,26)17-10-6-16(7-11-17)20-19(24)15-4-8-18(9-5-15)30(27,28)22-12-2-3-13-22/h4-11H,2-3,12-13H2,1H3,(H,20,24)(H,21,23). The highest BCUT2D eigenvalue weighted by molar-refractivity contribution is 7.90. The number of benzene rings is 2.